The Kier molecular flexibility index (Phi) is 6.88. The van der Waals surface area contributed by atoms with Gasteiger partial charge in [-0.15, -0.1) is 0 Å². The number of anilines is 2. The molecule has 224 valence electrons. The molecule has 7 heterocycles. The molecule has 1 aromatic carbocycles. The number of amides is 5. The van der Waals surface area contributed by atoms with Crippen LogP contribution < -0.4 is 20.9 Å². The molecule has 8 rings (SSSR count). The van der Waals surface area contributed by atoms with Gasteiger partial charge in [0.15, 0.2) is 0 Å². The molecule has 5 saturated heterocycles. The molecular weight excluding hydrogens is 550 g/mol. The fraction of sp³-hybridized carbons (Fsp3) is 0.484. The summed E-state index contributed by atoms with van der Waals surface area (Å²) in [6, 6.07) is 8.84. The van der Waals surface area contributed by atoms with Crippen LogP contribution in [0, 0.1) is 5.92 Å². The number of carbonyl (C=O) groups is 5. The Balaban J connectivity index is 0.974. The summed E-state index contributed by atoms with van der Waals surface area (Å²) in [6.07, 6.45) is 6.19. The smallest absolute Gasteiger partial charge is 0.262 e. The number of piperazine rings is 1. The van der Waals surface area contributed by atoms with E-state index in [9.17, 15) is 24.0 Å². The van der Waals surface area contributed by atoms with Crippen LogP contribution in [0.2, 0.25) is 0 Å². The summed E-state index contributed by atoms with van der Waals surface area (Å²) in [7, 11) is 0. The number of fused-ring (bicyclic) bond motifs is 4. The zero-order chi connectivity index (χ0) is 29.8. The van der Waals surface area contributed by atoms with E-state index in [1.165, 1.54) is 0 Å². The third kappa shape index (κ3) is 4.93. The predicted octanol–water partition coefficient (Wildman–Crippen LogP) is 1.15. The number of pyridine rings is 1. The van der Waals surface area contributed by atoms with Crippen LogP contribution in [0.15, 0.2) is 36.5 Å². The summed E-state index contributed by atoms with van der Waals surface area (Å²) in [5.41, 5.74) is 7.33. The van der Waals surface area contributed by atoms with Gasteiger partial charge in [0.2, 0.25) is 17.7 Å². The van der Waals surface area contributed by atoms with E-state index < -0.39 is 29.7 Å². The number of nitrogens with one attached hydrogen (secondary N) is 1. The Bertz CT molecular complexity index is 1500. The maximum atomic E-state index is 13.3. The van der Waals surface area contributed by atoms with Gasteiger partial charge in [0.25, 0.3) is 11.8 Å². The van der Waals surface area contributed by atoms with E-state index in [1.807, 2.05) is 18.2 Å². The molecule has 0 saturated carbocycles. The molecule has 6 aliphatic rings. The summed E-state index contributed by atoms with van der Waals surface area (Å²) in [5.74, 6) is -0.904. The summed E-state index contributed by atoms with van der Waals surface area (Å²) >= 11 is 0. The fourth-order valence-electron chi connectivity index (χ4n) is 7.49. The van der Waals surface area contributed by atoms with Gasteiger partial charge >= 0.3 is 0 Å². The lowest BCUT2D eigenvalue weighted by Crippen LogP contribution is -2.63. The first kappa shape index (κ1) is 27.5. The lowest BCUT2D eigenvalue weighted by Gasteiger charge is -2.53. The lowest BCUT2D eigenvalue weighted by atomic mass is 9.87. The second-order valence-corrected chi connectivity index (χ2v) is 12.4. The topological polar surface area (TPSA) is 149 Å². The minimum absolute atomic E-state index is 0.102. The van der Waals surface area contributed by atoms with Gasteiger partial charge < -0.3 is 15.5 Å². The minimum atomic E-state index is -0.960. The number of carbonyl (C=O) groups excluding carboxylic acids is 5. The number of primary amides is 1. The van der Waals surface area contributed by atoms with Crippen molar-refractivity contribution in [2.75, 3.05) is 42.5 Å². The van der Waals surface area contributed by atoms with E-state index in [2.05, 4.69) is 25.0 Å². The SMILES string of the molecule is NC(=O)c1ccc(N2CCC(CN3CC4CCC3CN4c3ccc4c(c3)C(=O)N(C3CCC(=O)NC3=O)C4=O)CC2)nc1. The van der Waals surface area contributed by atoms with Crippen LogP contribution in [0.4, 0.5) is 11.5 Å². The van der Waals surface area contributed by atoms with Crippen LogP contribution in [0.5, 0.6) is 0 Å². The summed E-state index contributed by atoms with van der Waals surface area (Å²) in [6.45, 7) is 4.76. The van der Waals surface area contributed by atoms with Crippen molar-refractivity contribution in [1.82, 2.24) is 20.1 Å². The van der Waals surface area contributed by atoms with Gasteiger partial charge in [-0.2, -0.15) is 0 Å². The molecule has 0 aliphatic carbocycles. The number of imide groups is 2. The second-order valence-electron chi connectivity index (χ2n) is 12.4. The first-order chi connectivity index (χ1) is 20.8. The van der Waals surface area contributed by atoms with E-state index in [-0.39, 0.29) is 18.7 Å². The van der Waals surface area contributed by atoms with Crippen LogP contribution >= 0.6 is 0 Å². The van der Waals surface area contributed by atoms with Crippen LogP contribution in [-0.4, -0.2) is 95.2 Å². The van der Waals surface area contributed by atoms with Gasteiger partial charge in [0.05, 0.1) is 16.7 Å². The molecule has 6 aliphatic heterocycles. The standard InChI is InChI=1S/C31H35N7O5/c32-28(40)19-1-7-26(33-14-19)35-11-9-18(10-12-35)15-36-16-22-3-2-21(36)17-37(22)20-4-5-23-24(13-20)31(43)38(30(23)42)25-6-8-27(39)34-29(25)41/h1,4-5,7,13-14,18,21-22,25H,2-3,6,8-12,15-17H2,(H2,32,40)(H,34,39,41). The first-order valence-electron chi connectivity index (χ1n) is 15.1. The van der Waals surface area contributed by atoms with Crippen LogP contribution in [-0.2, 0) is 9.59 Å². The average Bonchev–Trinajstić information content (AvgIpc) is 3.26. The highest BCUT2D eigenvalue weighted by molar-refractivity contribution is 6.23. The van der Waals surface area contributed by atoms with Gasteiger partial charge in [0, 0.05) is 63.1 Å². The van der Waals surface area contributed by atoms with Gasteiger partial charge in [-0.3, -0.25) is 39.1 Å². The number of nitrogens with two attached hydrogens (primary N) is 1. The van der Waals surface area contributed by atoms with Crippen LogP contribution in [0.1, 0.15) is 69.6 Å². The van der Waals surface area contributed by atoms with Crippen molar-refractivity contribution in [3.63, 3.8) is 0 Å². The van der Waals surface area contributed by atoms with E-state index in [4.69, 9.17) is 5.73 Å². The molecule has 3 N–H and O–H groups in total. The monoisotopic (exact) mass is 585 g/mol. The molecule has 1 aromatic heterocycles. The average molecular weight is 586 g/mol. The van der Waals surface area contributed by atoms with E-state index in [1.54, 1.807) is 18.3 Å². The zero-order valence-electron chi connectivity index (χ0n) is 23.9. The molecule has 2 bridgehead atoms. The maximum absolute atomic E-state index is 13.3. The zero-order valence-corrected chi connectivity index (χ0v) is 23.9. The number of nitrogens with zero attached hydrogens (tertiary/aromatic N) is 5. The Morgan fingerprint density at radius 3 is 2.35 bits per heavy atom. The predicted molar refractivity (Wildman–Crippen MR) is 157 cm³/mol. The Labute approximate surface area is 249 Å². The molecule has 2 aromatic rings. The Morgan fingerprint density at radius 1 is 0.907 bits per heavy atom. The number of rotatable bonds is 6. The minimum Gasteiger partial charge on any atom is -0.366 e. The summed E-state index contributed by atoms with van der Waals surface area (Å²) < 4.78 is 0. The number of piperidine rings is 4. The molecular formula is C31H35N7O5. The number of aromatic nitrogens is 1. The van der Waals surface area contributed by atoms with Gasteiger partial charge in [0.1, 0.15) is 11.9 Å². The summed E-state index contributed by atoms with van der Waals surface area (Å²) in [4.78, 5) is 74.5. The van der Waals surface area contributed by atoms with Gasteiger partial charge in [-0.25, -0.2) is 4.98 Å². The van der Waals surface area contributed by atoms with Gasteiger partial charge in [-0.05, 0) is 68.4 Å². The van der Waals surface area contributed by atoms with Crippen molar-refractivity contribution in [2.24, 2.45) is 11.7 Å². The highest BCUT2D eigenvalue weighted by atomic mass is 16.2. The largest absolute Gasteiger partial charge is 0.366 e. The highest BCUT2D eigenvalue weighted by Crippen LogP contribution is 2.37. The third-order valence-electron chi connectivity index (χ3n) is 9.86. The first-order valence-corrected chi connectivity index (χ1v) is 15.1. The molecule has 3 atom stereocenters. The van der Waals surface area contributed by atoms with Crippen molar-refractivity contribution >= 4 is 41.0 Å². The normalized spacial score (nSPS) is 26.2. The lowest BCUT2D eigenvalue weighted by molar-refractivity contribution is -0.136. The van der Waals surface area contributed by atoms with Crippen LogP contribution in [0.3, 0.4) is 0 Å². The molecule has 5 amide bonds. The molecule has 43 heavy (non-hydrogen) atoms. The number of benzene rings is 1. The van der Waals surface area contributed by atoms with Crippen molar-refractivity contribution in [3.05, 3.63) is 53.2 Å². The van der Waals surface area contributed by atoms with Crippen molar-refractivity contribution in [1.29, 1.82) is 0 Å². The molecule has 3 unspecified atom stereocenters. The molecule has 12 nitrogen and oxygen atoms in total. The van der Waals surface area contributed by atoms with Gasteiger partial charge in [-0.1, -0.05) is 0 Å². The van der Waals surface area contributed by atoms with Crippen LogP contribution in [0.25, 0.3) is 0 Å². The quantitative estimate of drug-likeness (QED) is 0.476. The Hall–Kier alpha value is -4.32. The van der Waals surface area contributed by atoms with E-state index in [0.717, 1.165) is 74.8 Å². The highest BCUT2D eigenvalue weighted by Gasteiger charge is 2.46. The Morgan fingerprint density at radius 2 is 1.67 bits per heavy atom. The third-order valence-corrected chi connectivity index (χ3v) is 9.86. The molecule has 12 heteroatoms. The second kappa shape index (κ2) is 10.7. The summed E-state index contributed by atoms with van der Waals surface area (Å²) in [5, 5.41) is 2.25. The maximum Gasteiger partial charge on any atom is 0.262 e. The number of hydrogen-bond acceptors (Lipinski definition) is 9. The van der Waals surface area contributed by atoms with Crippen molar-refractivity contribution in [2.45, 2.75) is 56.7 Å². The molecule has 0 spiro atoms. The van der Waals surface area contributed by atoms with Crippen molar-refractivity contribution in [3.8, 4) is 0 Å². The van der Waals surface area contributed by atoms with E-state index >= 15 is 0 Å². The van der Waals surface area contributed by atoms with E-state index in [0.29, 0.717) is 34.7 Å². The molecule has 0 radical (unpaired) electrons. The molecule has 5 fully saturated rings. The fourth-order valence-corrected chi connectivity index (χ4v) is 7.49. The van der Waals surface area contributed by atoms with Crippen molar-refractivity contribution < 1.29 is 24.0 Å². The number of hydrogen-bond donors (Lipinski definition) is 2.